The van der Waals surface area contributed by atoms with E-state index in [0.29, 0.717) is 48.2 Å². The highest BCUT2D eigenvalue weighted by Crippen LogP contribution is 2.31. The Kier molecular flexibility index (Phi) is 7.57. The van der Waals surface area contributed by atoms with Crippen molar-refractivity contribution in [1.29, 1.82) is 0 Å². The summed E-state index contributed by atoms with van der Waals surface area (Å²) in [6.07, 6.45) is 0.792. The molecule has 9 heteroatoms. The fraction of sp³-hybridized carbons (Fsp3) is 0.148. The molecule has 5 aromatic rings. The van der Waals surface area contributed by atoms with Crippen molar-refractivity contribution in [2.45, 2.75) is 23.9 Å². The van der Waals surface area contributed by atoms with Gasteiger partial charge in [0.15, 0.2) is 14.8 Å². The maximum Gasteiger partial charge on any atom is 0.278 e. The molecule has 0 saturated heterocycles. The normalized spacial score (nSPS) is 11.2. The SMILES string of the molecule is COc1ccccc1-n1c(SCc2ccccc2Cl)nc2c(sc(=S)n2CCc2ccccc2)c1=O. The summed E-state index contributed by atoms with van der Waals surface area (Å²) < 4.78 is 10.3. The van der Waals surface area contributed by atoms with Gasteiger partial charge in [0.1, 0.15) is 10.4 Å². The Labute approximate surface area is 227 Å². The van der Waals surface area contributed by atoms with Crippen LogP contribution in [0.4, 0.5) is 0 Å². The zero-order chi connectivity index (χ0) is 25.1. The van der Waals surface area contributed by atoms with Crippen LogP contribution in [0.25, 0.3) is 16.0 Å². The molecule has 0 aliphatic heterocycles. The number of rotatable bonds is 8. The average Bonchev–Trinajstić information content (AvgIpc) is 3.23. The number of aryl methyl sites for hydroxylation is 2. The summed E-state index contributed by atoms with van der Waals surface area (Å²) in [7, 11) is 1.59. The first-order valence-electron chi connectivity index (χ1n) is 11.3. The van der Waals surface area contributed by atoms with Gasteiger partial charge in [0.05, 0.1) is 12.8 Å². The molecule has 0 unspecified atom stereocenters. The molecule has 36 heavy (non-hydrogen) atoms. The lowest BCUT2D eigenvalue weighted by Crippen LogP contribution is -2.22. The average molecular weight is 552 g/mol. The molecule has 0 bridgehead atoms. The first-order chi connectivity index (χ1) is 17.6. The van der Waals surface area contributed by atoms with E-state index in [1.807, 2.05) is 71.3 Å². The maximum atomic E-state index is 13.9. The van der Waals surface area contributed by atoms with Gasteiger partial charge in [-0.15, -0.1) is 0 Å². The molecule has 0 N–H and O–H groups in total. The van der Waals surface area contributed by atoms with Crippen LogP contribution >= 0.6 is 46.9 Å². The molecule has 0 aliphatic rings. The highest BCUT2D eigenvalue weighted by Gasteiger charge is 2.20. The second kappa shape index (κ2) is 11.0. The summed E-state index contributed by atoms with van der Waals surface area (Å²) in [5.41, 5.74) is 3.25. The second-order valence-corrected chi connectivity index (χ2v) is 11.0. The topological polar surface area (TPSA) is 49.0 Å². The Bertz CT molecular complexity index is 1640. The summed E-state index contributed by atoms with van der Waals surface area (Å²) in [5.74, 6) is 1.15. The van der Waals surface area contributed by atoms with Crippen LogP contribution < -0.4 is 10.3 Å². The molecule has 5 nitrogen and oxygen atoms in total. The Morgan fingerprint density at radius 1 is 1.03 bits per heavy atom. The smallest absolute Gasteiger partial charge is 0.278 e. The van der Waals surface area contributed by atoms with Crippen molar-refractivity contribution >= 4 is 57.3 Å². The van der Waals surface area contributed by atoms with Gasteiger partial charge in [-0.2, -0.15) is 0 Å². The first kappa shape index (κ1) is 24.8. The van der Waals surface area contributed by atoms with Gasteiger partial charge in [0.2, 0.25) is 0 Å². The van der Waals surface area contributed by atoms with Crippen molar-refractivity contribution < 1.29 is 4.74 Å². The maximum absolute atomic E-state index is 13.9. The largest absolute Gasteiger partial charge is 0.495 e. The van der Waals surface area contributed by atoms with Gasteiger partial charge in [-0.25, -0.2) is 4.98 Å². The summed E-state index contributed by atoms with van der Waals surface area (Å²) in [5, 5.41) is 1.23. The third-order valence-corrected chi connectivity index (χ3v) is 8.55. The van der Waals surface area contributed by atoms with Gasteiger partial charge in [-0.05, 0) is 48.0 Å². The molecule has 0 fully saturated rings. The van der Waals surface area contributed by atoms with Crippen LogP contribution in [0.2, 0.25) is 5.02 Å². The van der Waals surface area contributed by atoms with Crippen LogP contribution in [0.3, 0.4) is 0 Å². The third kappa shape index (κ3) is 4.99. The zero-order valence-corrected chi connectivity index (χ0v) is 22.6. The Morgan fingerprint density at radius 2 is 1.75 bits per heavy atom. The van der Waals surface area contributed by atoms with Crippen LogP contribution in [0.5, 0.6) is 5.75 Å². The molecule has 3 aromatic carbocycles. The van der Waals surface area contributed by atoms with E-state index in [4.69, 9.17) is 33.5 Å². The van der Waals surface area contributed by atoms with Gasteiger partial charge in [0, 0.05) is 17.3 Å². The molecule has 0 saturated carbocycles. The molecule has 5 rings (SSSR count). The van der Waals surface area contributed by atoms with Crippen molar-refractivity contribution in [3.8, 4) is 11.4 Å². The van der Waals surface area contributed by atoms with Crippen LogP contribution in [-0.2, 0) is 18.7 Å². The van der Waals surface area contributed by atoms with E-state index in [2.05, 4.69) is 12.1 Å². The minimum absolute atomic E-state index is 0.166. The number of nitrogens with zero attached hydrogens (tertiary/aromatic N) is 3. The Hall–Kier alpha value is -2.91. The highest BCUT2D eigenvalue weighted by atomic mass is 35.5. The molecule has 0 aliphatic carbocycles. The van der Waals surface area contributed by atoms with E-state index in [0.717, 1.165) is 12.0 Å². The van der Waals surface area contributed by atoms with Gasteiger partial charge in [-0.3, -0.25) is 9.36 Å². The van der Waals surface area contributed by atoms with Gasteiger partial charge < -0.3 is 9.30 Å². The lowest BCUT2D eigenvalue weighted by atomic mass is 10.1. The molecule has 0 atom stereocenters. The van der Waals surface area contributed by atoms with Crippen molar-refractivity contribution in [2.75, 3.05) is 7.11 Å². The zero-order valence-electron chi connectivity index (χ0n) is 19.4. The molecular formula is C27H22ClN3O2S3. The summed E-state index contributed by atoms with van der Waals surface area (Å²) in [6, 6.07) is 25.4. The second-order valence-electron chi connectivity index (χ2n) is 7.99. The monoisotopic (exact) mass is 551 g/mol. The molecule has 2 heterocycles. The number of para-hydroxylation sites is 2. The van der Waals surface area contributed by atoms with E-state index in [-0.39, 0.29) is 5.56 Å². The van der Waals surface area contributed by atoms with Crippen LogP contribution in [0, 0.1) is 3.95 Å². The third-order valence-electron chi connectivity index (χ3n) is 5.77. The number of benzene rings is 3. The quantitative estimate of drug-likeness (QED) is 0.116. The van der Waals surface area contributed by atoms with Crippen molar-refractivity contribution in [3.05, 3.63) is 109 Å². The molecule has 0 spiro atoms. The number of thioether (sulfide) groups is 1. The molecule has 182 valence electrons. The number of aromatic nitrogens is 3. The number of thiazole rings is 1. The van der Waals surface area contributed by atoms with E-state index in [1.54, 1.807) is 11.7 Å². The van der Waals surface area contributed by atoms with E-state index < -0.39 is 0 Å². The van der Waals surface area contributed by atoms with Crippen molar-refractivity contribution in [3.63, 3.8) is 0 Å². The van der Waals surface area contributed by atoms with Crippen LogP contribution in [0.1, 0.15) is 11.1 Å². The number of halogens is 1. The number of ether oxygens (including phenoxy) is 1. The minimum Gasteiger partial charge on any atom is -0.495 e. The number of hydrogen-bond acceptors (Lipinski definition) is 6. The Morgan fingerprint density at radius 3 is 2.53 bits per heavy atom. The van der Waals surface area contributed by atoms with E-state index in [1.165, 1.54) is 28.7 Å². The molecule has 2 aromatic heterocycles. The standard InChI is InChI=1S/C27H22ClN3O2S3/c1-33-22-14-8-7-13-21(22)31-25(32)23-24(29-26(31)35-17-19-11-5-6-12-20(19)28)30(27(34)36-23)16-15-18-9-3-2-4-10-18/h2-14H,15-17H2,1H3. The van der Waals surface area contributed by atoms with E-state index in [9.17, 15) is 4.79 Å². The summed E-state index contributed by atoms with van der Waals surface area (Å²) in [6.45, 7) is 0.641. The number of fused-ring (bicyclic) bond motifs is 1. The predicted octanol–water partition coefficient (Wildman–Crippen LogP) is 7.18. The van der Waals surface area contributed by atoms with E-state index >= 15 is 0 Å². The molecule has 0 amide bonds. The van der Waals surface area contributed by atoms with Gasteiger partial charge >= 0.3 is 0 Å². The minimum atomic E-state index is -0.166. The fourth-order valence-electron chi connectivity index (χ4n) is 3.94. The summed E-state index contributed by atoms with van der Waals surface area (Å²) in [4.78, 5) is 18.9. The fourth-order valence-corrected chi connectivity index (χ4v) is 6.54. The number of hydrogen-bond donors (Lipinski definition) is 0. The highest BCUT2D eigenvalue weighted by molar-refractivity contribution is 7.98. The lowest BCUT2D eigenvalue weighted by Gasteiger charge is -2.15. The predicted molar refractivity (Wildman–Crippen MR) is 152 cm³/mol. The summed E-state index contributed by atoms with van der Waals surface area (Å²) >= 11 is 14.9. The van der Waals surface area contributed by atoms with Crippen molar-refractivity contribution in [1.82, 2.24) is 14.1 Å². The number of methoxy groups -OCH3 is 1. The van der Waals surface area contributed by atoms with Crippen LogP contribution in [0.15, 0.2) is 88.8 Å². The van der Waals surface area contributed by atoms with Gasteiger partial charge in [-0.1, -0.05) is 95.4 Å². The lowest BCUT2D eigenvalue weighted by molar-refractivity contribution is 0.411. The molecule has 0 radical (unpaired) electrons. The van der Waals surface area contributed by atoms with Gasteiger partial charge in [0.25, 0.3) is 5.56 Å². The van der Waals surface area contributed by atoms with Crippen molar-refractivity contribution in [2.24, 2.45) is 0 Å². The molecular weight excluding hydrogens is 530 g/mol. The van der Waals surface area contributed by atoms with Crippen LogP contribution in [-0.4, -0.2) is 21.2 Å². The first-order valence-corrected chi connectivity index (χ1v) is 13.9. The Balaban J connectivity index is 1.64.